The largest absolute Gasteiger partial charge is 0.336 e. The van der Waals surface area contributed by atoms with Gasteiger partial charge in [-0.2, -0.15) is 0 Å². The van der Waals surface area contributed by atoms with Gasteiger partial charge in [0.05, 0.1) is 0 Å². The van der Waals surface area contributed by atoms with Crippen LogP contribution in [0, 0.1) is 0 Å². The maximum Gasteiger partial charge on any atom is 0.293 e. The molecule has 0 aliphatic carbocycles. The Hall–Kier alpha value is -3.18. The molecule has 1 unspecified atom stereocenters. The lowest BCUT2D eigenvalue weighted by molar-refractivity contribution is 0.102. The number of aromatic nitrogens is 2. The monoisotopic (exact) mass is 437 g/mol. The lowest BCUT2D eigenvalue weighted by atomic mass is 10.2. The van der Waals surface area contributed by atoms with E-state index in [0.29, 0.717) is 27.3 Å². The highest BCUT2D eigenvalue weighted by atomic mass is 35.5. The summed E-state index contributed by atoms with van der Waals surface area (Å²) in [5, 5.41) is 3.59. The lowest BCUT2D eigenvalue weighted by Crippen LogP contribution is -2.24. The van der Waals surface area contributed by atoms with Gasteiger partial charge < -0.3 is 10.2 Å². The van der Waals surface area contributed by atoms with Crippen LogP contribution >= 0.6 is 19.0 Å². The summed E-state index contributed by atoms with van der Waals surface area (Å²) in [5.41, 5.74) is 1.74. The van der Waals surface area contributed by atoms with E-state index in [1.54, 1.807) is 89.6 Å². The summed E-state index contributed by atoms with van der Waals surface area (Å²) in [6.45, 7) is 0. The second-order valence-electron chi connectivity index (χ2n) is 6.52. The summed E-state index contributed by atoms with van der Waals surface area (Å²) in [5.74, 6) is -0.280. The number of imidazole rings is 1. The van der Waals surface area contributed by atoms with Crippen molar-refractivity contribution in [1.82, 2.24) is 9.55 Å². The Morgan fingerprint density at radius 2 is 1.73 bits per heavy atom. The molecule has 2 N–H and O–H groups in total. The van der Waals surface area contributed by atoms with Crippen molar-refractivity contribution < 1.29 is 14.3 Å². The fraction of sp³-hybridized carbons (Fsp3) is 0. The molecule has 0 bridgehead atoms. The molecule has 6 nitrogen and oxygen atoms in total. The van der Waals surface area contributed by atoms with Crippen LogP contribution in [0.1, 0.15) is 10.4 Å². The normalized spacial score (nSPS) is 12.9. The number of carbonyl (C=O) groups is 1. The Labute approximate surface area is 178 Å². The zero-order chi connectivity index (χ0) is 21.1. The van der Waals surface area contributed by atoms with Crippen LogP contribution in [-0.4, -0.2) is 20.4 Å². The maximum atomic E-state index is 13.1. The third-order valence-corrected chi connectivity index (χ3v) is 6.59. The SMILES string of the molecule is O=C(Nc1ccc(-n2ccnc2P(=O)(O)c2ccccc2)cc1)c1cccc(Cl)c1. The molecule has 1 atom stereocenters. The molecule has 150 valence electrons. The molecule has 0 saturated carbocycles. The Bertz CT molecular complexity index is 1240. The zero-order valence-corrected chi connectivity index (χ0v) is 17.3. The van der Waals surface area contributed by atoms with E-state index >= 15 is 0 Å². The molecule has 0 aliphatic heterocycles. The van der Waals surface area contributed by atoms with Gasteiger partial charge in [0.2, 0.25) is 5.57 Å². The predicted molar refractivity (Wildman–Crippen MR) is 119 cm³/mol. The number of amides is 1. The molecule has 0 fully saturated rings. The minimum Gasteiger partial charge on any atom is -0.336 e. The predicted octanol–water partition coefficient (Wildman–Crippen LogP) is 4.00. The minimum absolute atomic E-state index is 0.0596. The molecule has 1 aromatic heterocycles. The van der Waals surface area contributed by atoms with Gasteiger partial charge in [-0.3, -0.25) is 13.9 Å². The van der Waals surface area contributed by atoms with Crippen LogP contribution < -0.4 is 16.2 Å². The smallest absolute Gasteiger partial charge is 0.293 e. The molecule has 4 rings (SSSR count). The minimum atomic E-state index is -3.86. The Morgan fingerprint density at radius 1 is 1.00 bits per heavy atom. The molecule has 1 amide bonds. The molecule has 0 spiro atoms. The third kappa shape index (κ3) is 4.07. The first-order valence-electron chi connectivity index (χ1n) is 9.05. The molecule has 0 saturated heterocycles. The summed E-state index contributed by atoms with van der Waals surface area (Å²) < 4.78 is 14.6. The van der Waals surface area contributed by atoms with Gasteiger partial charge in [0.25, 0.3) is 13.3 Å². The molecule has 30 heavy (non-hydrogen) atoms. The van der Waals surface area contributed by atoms with Crippen molar-refractivity contribution in [2.45, 2.75) is 0 Å². The standard InChI is InChI=1S/C22H17ClN3O3P/c23-17-6-4-5-16(15-17)21(27)25-18-9-11-19(12-10-18)26-14-13-24-22(26)30(28,29)20-7-2-1-3-8-20/h1-15H,(H,25,27)(H,28,29). The molecule has 0 aliphatic rings. The molecule has 4 aromatic rings. The van der Waals surface area contributed by atoms with Gasteiger partial charge in [-0.25, -0.2) is 4.98 Å². The highest BCUT2D eigenvalue weighted by Gasteiger charge is 2.29. The van der Waals surface area contributed by atoms with Gasteiger partial charge in [-0.15, -0.1) is 0 Å². The summed E-state index contributed by atoms with van der Waals surface area (Å²) in [4.78, 5) is 27.2. The van der Waals surface area contributed by atoms with Crippen LogP contribution in [0.5, 0.6) is 0 Å². The highest BCUT2D eigenvalue weighted by molar-refractivity contribution is 7.73. The van der Waals surface area contributed by atoms with Gasteiger partial charge >= 0.3 is 0 Å². The molecule has 3 aromatic carbocycles. The second-order valence-corrected chi connectivity index (χ2v) is 9.03. The summed E-state index contributed by atoms with van der Waals surface area (Å²) in [7, 11) is -3.86. The first kappa shape index (κ1) is 20.1. The highest BCUT2D eigenvalue weighted by Crippen LogP contribution is 2.37. The molecule has 1 heterocycles. The van der Waals surface area contributed by atoms with Crippen LogP contribution in [0.3, 0.4) is 0 Å². The number of nitrogens with zero attached hydrogens (tertiary/aromatic N) is 2. The number of hydrogen-bond donors (Lipinski definition) is 2. The first-order valence-corrected chi connectivity index (χ1v) is 11.1. The number of anilines is 1. The van der Waals surface area contributed by atoms with Gasteiger partial charge in [-0.1, -0.05) is 35.9 Å². The molecule has 0 radical (unpaired) electrons. The number of benzene rings is 3. The quantitative estimate of drug-likeness (QED) is 0.462. The average Bonchev–Trinajstić information content (AvgIpc) is 3.26. The van der Waals surface area contributed by atoms with Crippen LogP contribution in [-0.2, 0) is 4.57 Å². The van der Waals surface area contributed by atoms with Gasteiger partial charge in [-0.05, 0) is 54.6 Å². The van der Waals surface area contributed by atoms with Crippen molar-refractivity contribution in [2.75, 3.05) is 5.32 Å². The van der Waals surface area contributed by atoms with Crippen molar-refractivity contribution >= 4 is 41.4 Å². The maximum absolute atomic E-state index is 13.1. The number of rotatable bonds is 5. The van der Waals surface area contributed by atoms with Crippen molar-refractivity contribution in [3.05, 3.63) is 102 Å². The number of nitrogens with one attached hydrogen (secondary N) is 1. The van der Waals surface area contributed by atoms with E-state index < -0.39 is 7.37 Å². The van der Waals surface area contributed by atoms with E-state index in [1.165, 1.54) is 6.20 Å². The van der Waals surface area contributed by atoms with E-state index in [2.05, 4.69) is 10.3 Å². The van der Waals surface area contributed by atoms with E-state index in [0.717, 1.165) is 0 Å². The number of halogens is 1. The first-order chi connectivity index (χ1) is 14.4. The fourth-order valence-electron chi connectivity index (χ4n) is 3.01. The summed E-state index contributed by atoms with van der Waals surface area (Å²) in [6, 6.07) is 22.0. The number of carbonyl (C=O) groups excluding carboxylic acids is 1. The molecular formula is C22H17ClN3O3P. The van der Waals surface area contributed by atoms with E-state index in [-0.39, 0.29) is 11.5 Å². The topological polar surface area (TPSA) is 84.2 Å². The van der Waals surface area contributed by atoms with E-state index in [4.69, 9.17) is 11.6 Å². The average molecular weight is 438 g/mol. The lowest BCUT2D eigenvalue weighted by Gasteiger charge is -2.14. The van der Waals surface area contributed by atoms with Crippen molar-refractivity contribution in [1.29, 1.82) is 0 Å². The Kier molecular flexibility index (Phi) is 5.55. The Morgan fingerprint density at radius 3 is 2.43 bits per heavy atom. The Balaban J connectivity index is 1.58. The number of hydrogen-bond acceptors (Lipinski definition) is 3. The van der Waals surface area contributed by atoms with Crippen LogP contribution in [0.25, 0.3) is 5.69 Å². The van der Waals surface area contributed by atoms with Crippen LogP contribution in [0.2, 0.25) is 5.02 Å². The van der Waals surface area contributed by atoms with Crippen molar-refractivity contribution in [3.8, 4) is 5.69 Å². The van der Waals surface area contributed by atoms with E-state index in [1.807, 2.05) is 0 Å². The van der Waals surface area contributed by atoms with Crippen LogP contribution in [0.4, 0.5) is 5.69 Å². The third-order valence-electron chi connectivity index (χ3n) is 4.49. The zero-order valence-electron chi connectivity index (χ0n) is 15.6. The van der Waals surface area contributed by atoms with Gasteiger partial charge in [0.15, 0.2) is 0 Å². The van der Waals surface area contributed by atoms with Gasteiger partial charge in [0.1, 0.15) is 0 Å². The van der Waals surface area contributed by atoms with E-state index in [9.17, 15) is 14.3 Å². The van der Waals surface area contributed by atoms with Gasteiger partial charge in [0, 0.05) is 39.7 Å². The molecular weight excluding hydrogens is 421 g/mol. The fourth-order valence-corrected chi connectivity index (χ4v) is 4.70. The van der Waals surface area contributed by atoms with Crippen LogP contribution in [0.15, 0.2) is 91.3 Å². The summed E-state index contributed by atoms with van der Waals surface area (Å²) >= 11 is 5.93. The van der Waals surface area contributed by atoms with Crippen molar-refractivity contribution in [3.63, 3.8) is 0 Å². The van der Waals surface area contributed by atoms with Crippen molar-refractivity contribution in [2.24, 2.45) is 0 Å². The second kappa shape index (κ2) is 8.28. The summed E-state index contributed by atoms with van der Waals surface area (Å²) in [6.07, 6.45) is 3.11. The molecule has 8 heteroatoms.